The Morgan fingerprint density at radius 3 is 2.26 bits per heavy atom. The lowest BCUT2D eigenvalue weighted by Gasteiger charge is -2.10. The zero-order valence-electron chi connectivity index (χ0n) is 12.0. The van der Waals surface area contributed by atoms with Crippen molar-refractivity contribution in [2.45, 2.75) is 24.2 Å². The topological polar surface area (TPSA) is 113 Å². The first-order valence-electron chi connectivity index (χ1n) is 6.66. The highest BCUT2D eigenvalue weighted by Gasteiger charge is 2.21. The third-order valence-electron chi connectivity index (χ3n) is 2.72. The lowest BCUT2D eigenvalue weighted by atomic mass is 10.3. The van der Waals surface area contributed by atoms with Crippen LogP contribution in [0.15, 0.2) is 23.1 Å². The van der Waals surface area contributed by atoms with Crippen LogP contribution in [0.25, 0.3) is 0 Å². The number of hydrogen-bond acceptors (Lipinski definition) is 4. The van der Waals surface area contributed by atoms with E-state index in [1.165, 1.54) is 18.2 Å². The van der Waals surface area contributed by atoms with Gasteiger partial charge in [-0.15, -0.1) is 0 Å². The number of amides is 1. The second kappa shape index (κ2) is 9.07. The zero-order chi connectivity index (χ0) is 17.5. The van der Waals surface area contributed by atoms with Crippen molar-refractivity contribution in [3.8, 4) is 0 Å². The molecule has 0 saturated heterocycles. The molecule has 1 aromatic rings. The molecule has 0 bridgehead atoms. The van der Waals surface area contributed by atoms with E-state index < -0.39 is 16.0 Å². The second-order valence-corrected chi connectivity index (χ2v) is 7.06. The average molecular weight is 383 g/mol. The van der Waals surface area contributed by atoms with Gasteiger partial charge in [0, 0.05) is 25.9 Å². The molecule has 0 spiro atoms. The van der Waals surface area contributed by atoms with Crippen LogP contribution >= 0.6 is 23.2 Å². The number of carbonyl (C=O) groups is 2. The minimum Gasteiger partial charge on any atom is -0.481 e. The molecule has 23 heavy (non-hydrogen) atoms. The Hall–Kier alpha value is -1.35. The molecule has 10 heteroatoms. The molecular weight excluding hydrogens is 367 g/mol. The van der Waals surface area contributed by atoms with Crippen LogP contribution in [0.5, 0.6) is 0 Å². The summed E-state index contributed by atoms with van der Waals surface area (Å²) >= 11 is 11.7. The molecule has 0 aliphatic carbocycles. The van der Waals surface area contributed by atoms with Gasteiger partial charge in [-0.25, -0.2) is 13.1 Å². The van der Waals surface area contributed by atoms with Gasteiger partial charge in [0.2, 0.25) is 15.9 Å². The Balaban J connectivity index is 2.45. The maximum absolute atomic E-state index is 12.1. The van der Waals surface area contributed by atoms with Gasteiger partial charge in [-0.1, -0.05) is 29.3 Å². The molecule has 0 aliphatic rings. The molecule has 0 atom stereocenters. The third-order valence-corrected chi connectivity index (χ3v) is 5.14. The molecule has 0 unspecified atom stereocenters. The van der Waals surface area contributed by atoms with Gasteiger partial charge in [-0.2, -0.15) is 0 Å². The van der Waals surface area contributed by atoms with E-state index in [0.717, 1.165) is 0 Å². The average Bonchev–Trinajstić information content (AvgIpc) is 2.42. The van der Waals surface area contributed by atoms with Gasteiger partial charge in [-0.3, -0.25) is 9.59 Å². The van der Waals surface area contributed by atoms with Gasteiger partial charge in [0.1, 0.15) is 4.90 Å². The summed E-state index contributed by atoms with van der Waals surface area (Å²) in [5.41, 5.74) is 0. The first kappa shape index (κ1) is 19.7. The van der Waals surface area contributed by atoms with E-state index in [9.17, 15) is 18.0 Å². The van der Waals surface area contributed by atoms with Gasteiger partial charge in [0.25, 0.3) is 0 Å². The monoisotopic (exact) mass is 382 g/mol. The maximum Gasteiger partial charge on any atom is 0.303 e. The van der Waals surface area contributed by atoms with Crippen LogP contribution in [-0.4, -0.2) is 38.5 Å². The van der Waals surface area contributed by atoms with Crippen LogP contribution in [0.1, 0.15) is 19.3 Å². The minimum absolute atomic E-state index is 0.0110. The Morgan fingerprint density at radius 1 is 1.09 bits per heavy atom. The number of benzene rings is 1. The SMILES string of the molecule is O=C(O)CCCNC(=O)CCNS(=O)(=O)c1c(Cl)cccc1Cl. The van der Waals surface area contributed by atoms with Crippen LogP contribution in [0.2, 0.25) is 10.0 Å². The highest BCUT2D eigenvalue weighted by molar-refractivity contribution is 7.89. The number of aliphatic carboxylic acids is 1. The summed E-state index contributed by atoms with van der Waals surface area (Å²) in [4.78, 5) is 21.6. The Morgan fingerprint density at radius 2 is 1.70 bits per heavy atom. The standard InChI is InChI=1S/C13H16Cl2N2O5S/c14-9-3-1-4-10(15)13(9)23(21,22)17-8-6-11(18)16-7-2-5-12(19)20/h1,3-4,17H,2,5-8H2,(H,16,18)(H,19,20). The first-order chi connectivity index (χ1) is 10.7. The van der Waals surface area contributed by atoms with Gasteiger partial charge in [0.15, 0.2) is 0 Å². The lowest BCUT2D eigenvalue weighted by Crippen LogP contribution is -2.31. The molecule has 0 heterocycles. The normalized spacial score (nSPS) is 11.2. The summed E-state index contributed by atoms with van der Waals surface area (Å²) in [7, 11) is -3.93. The van der Waals surface area contributed by atoms with E-state index in [4.69, 9.17) is 28.3 Å². The quantitative estimate of drug-likeness (QED) is 0.562. The van der Waals surface area contributed by atoms with Crippen LogP contribution in [-0.2, 0) is 19.6 Å². The molecule has 0 radical (unpaired) electrons. The number of nitrogens with one attached hydrogen (secondary N) is 2. The Kier molecular flexibility index (Phi) is 7.77. The van der Waals surface area contributed by atoms with Crippen molar-refractivity contribution in [1.82, 2.24) is 10.0 Å². The highest BCUT2D eigenvalue weighted by Crippen LogP contribution is 2.28. The van der Waals surface area contributed by atoms with E-state index in [1.54, 1.807) is 0 Å². The van der Waals surface area contributed by atoms with Crippen LogP contribution in [0.4, 0.5) is 0 Å². The Bertz CT molecular complexity index is 659. The minimum atomic E-state index is -3.93. The molecule has 1 aromatic carbocycles. The molecule has 1 amide bonds. The highest BCUT2D eigenvalue weighted by atomic mass is 35.5. The number of sulfonamides is 1. The van der Waals surface area contributed by atoms with Crippen molar-refractivity contribution in [3.63, 3.8) is 0 Å². The van der Waals surface area contributed by atoms with E-state index in [0.29, 0.717) is 6.42 Å². The fourth-order valence-electron chi connectivity index (χ4n) is 1.67. The van der Waals surface area contributed by atoms with E-state index in [-0.39, 0.29) is 46.8 Å². The predicted octanol–water partition coefficient (Wildman–Crippen LogP) is 1.64. The van der Waals surface area contributed by atoms with Crippen LogP contribution in [0.3, 0.4) is 0 Å². The maximum atomic E-state index is 12.1. The summed E-state index contributed by atoms with van der Waals surface area (Å²) < 4.78 is 26.5. The molecule has 0 aliphatic heterocycles. The van der Waals surface area contributed by atoms with Crippen LogP contribution < -0.4 is 10.0 Å². The van der Waals surface area contributed by atoms with E-state index in [1.807, 2.05) is 0 Å². The number of halogens is 2. The van der Waals surface area contributed by atoms with Crippen molar-refractivity contribution in [1.29, 1.82) is 0 Å². The molecule has 1 rings (SSSR count). The molecular formula is C13H16Cl2N2O5S. The smallest absolute Gasteiger partial charge is 0.303 e. The van der Waals surface area contributed by atoms with Gasteiger partial charge in [0.05, 0.1) is 10.0 Å². The fourth-order valence-corrected chi connectivity index (χ4v) is 3.84. The number of carboxylic acid groups (broad SMARTS) is 1. The summed E-state index contributed by atoms with van der Waals surface area (Å²) in [6.45, 7) is 0.0862. The van der Waals surface area contributed by atoms with Crippen molar-refractivity contribution in [2.24, 2.45) is 0 Å². The summed E-state index contributed by atoms with van der Waals surface area (Å²) in [6.07, 6.45) is 0.175. The third kappa shape index (κ3) is 6.74. The van der Waals surface area contributed by atoms with E-state index >= 15 is 0 Å². The summed E-state index contributed by atoms with van der Waals surface area (Å²) in [5.74, 6) is -1.33. The number of rotatable bonds is 9. The van der Waals surface area contributed by atoms with Gasteiger partial charge < -0.3 is 10.4 Å². The fraction of sp³-hybridized carbons (Fsp3) is 0.385. The van der Waals surface area contributed by atoms with Crippen molar-refractivity contribution in [2.75, 3.05) is 13.1 Å². The molecule has 0 saturated carbocycles. The van der Waals surface area contributed by atoms with Crippen LogP contribution in [0, 0.1) is 0 Å². The van der Waals surface area contributed by atoms with Crippen molar-refractivity contribution < 1.29 is 23.1 Å². The number of hydrogen-bond donors (Lipinski definition) is 3. The summed E-state index contributed by atoms with van der Waals surface area (Å²) in [6, 6.07) is 4.32. The van der Waals surface area contributed by atoms with Crippen molar-refractivity contribution >= 4 is 45.1 Å². The summed E-state index contributed by atoms with van der Waals surface area (Å²) in [5, 5.41) is 10.9. The van der Waals surface area contributed by atoms with Gasteiger partial charge >= 0.3 is 5.97 Å². The first-order valence-corrected chi connectivity index (χ1v) is 8.90. The molecule has 7 nitrogen and oxygen atoms in total. The predicted molar refractivity (Wildman–Crippen MR) is 86.1 cm³/mol. The second-order valence-electron chi connectivity index (χ2n) is 4.55. The molecule has 3 N–H and O–H groups in total. The van der Waals surface area contributed by atoms with E-state index in [2.05, 4.69) is 10.0 Å². The Labute approximate surface area is 144 Å². The van der Waals surface area contributed by atoms with Crippen molar-refractivity contribution in [3.05, 3.63) is 28.2 Å². The lowest BCUT2D eigenvalue weighted by molar-refractivity contribution is -0.137. The molecule has 128 valence electrons. The number of carboxylic acids is 1. The number of carbonyl (C=O) groups excluding carboxylic acids is 1. The zero-order valence-corrected chi connectivity index (χ0v) is 14.3. The molecule has 0 fully saturated rings. The largest absolute Gasteiger partial charge is 0.481 e. The molecule has 0 aromatic heterocycles. The van der Waals surface area contributed by atoms with Gasteiger partial charge in [-0.05, 0) is 18.6 Å².